The largest absolute Gasteiger partial charge is 0.489 e. The molecule has 0 N–H and O–H groups in total. The lowest BCUT2D eigenvalue weighted by Gasteiger charge is -2.64. The Bertz CT molecular complexity index is 384. The van der Waals surface area contributed by atoms with Crippen molar-refractivity contribution in [2.24, 2.45) is 23.2 Å². The first-order chi connectivity index (χ1) is 9.30. The molecule has 0 amide bonds. The van der Waals surface area contributed by atoms with Crippen molar-refractivity contribution in [3.63, 3.8) is 0 Å². The van der Waals surface area contributed by atoms with Crippen molar-refractivity contribution >= 4 is 7.12 Å². The Morgan fingerprint density at radius 3 is 2.50 bits per heavy atom. The molecule has 3 nitrogen and oxygen atoms in total. The van der Waals surface area contributed by atoms with E-state index in [4.69, 9.17) is 14.0 Å². The van der Waals surface area contributed by atoms with Crippen LogP contribution in [0.4, 0.5) is 0 Å². The highest BCUT2D eigenvalue weighted by Gasteiger charge is 2.68. The molecular weight excluding hydrogens is 251 g/mol. The van der Waals surface area contributed by atoms with Crippen LogP contribution in [0.5, 0.6) is 0 Å². The molecule has 0 radical (unpaired) electrons. The van der Waals surface area contributed by atoms with E-state index < -0.39 is 0 Å². The number of hydrogen-bond donors (Lipinski definition) is 0. The van der Waals surface area contributed by atoms with Crippen molar-refractivity contribution in [3.8, 4) is 0 Å². The van der Waals surface area contributed by atoms with Crippen molar-refractivity contribution < 1.29 is 14.0 Å². The molecule has 3 saturated carbocycles. The van der Waals surface area contributed by atoms with E-state index in [0.29, 0.717) is 23.9 Å². The van der Waals surface area contributed by atoms with E-state index in [-0.39, 0.29) is 24.8 Å². The van der Waals surface area contributed by atoms with E-state index in [0.717, 1.165) is 12.3 Å². The fraction of sp³-hybridized carbons (Fsp3) is 1.00. The Morgan fingerprint density at radius 1 is 1.25 bits per heavy atom. The maximum Gasteiger partial charge on any atom is 0.489 e. The lowest BCUT2D eigenvalue weighted by molar-refractivity contribution is -0.199. The molecule has 5 atom stereocenters. The maximum atomic E-state index is 6.47. The van der Waals surface area contributed by atoms with Crippen molar-refractivity contribution in [1.29, 1.82) is 0 Å². The van der Waals surface area contributed by atoms with Crippen LogP contribution >= 0.6 is 0 Å². The van der Waals surface area contributed by atoms with Crippen LogP contribution in [-0.2, 0) is 14.0 Å². The molecule has 4 heteroatoms. The third-order valence-electron chi connectivity index (χ3n) is 6.25. The van der Waals surface area contributed by atoms with Crippen LogP contribution in [-0.4, -0.2) is 31.4 Å². The SMILES string of the molecule is CCO[C@H](B1OC2C[C@@H]3C[C@@H](C3(C)C)[C@]2(C)O1)C(C)C. The standard InChI is InChI=1S/C16H29BO3/c1-7-18-14(10(2)3)17-19-13-9-11-8-12(15(11,4)5)16(13,6)20-17/h10-14H,7-9H2,1-6H3/t11-,12-,13?,14-,16-/m0/s1. The Labute approximate surface area is 123 Å². The van der Waals surface area contributed by atoms with E-state index in [1.165, 1.54) is 6.42 Å². The minimum atomic E-state index is -0.194. The molecule has 4 fully saturated rings. The number of hydrogen-bond acceptors (Lipinski definition) is 3. The Balaban J connectivity index is 1.78. The monoisotopic (exact) mass is 280 g/mol. The fourth-order valence-electron chi connectivity index (χ4n) is 4.82. The molecule has 1 unspecified atom stereocenters. The third-order valence-corrected chi connectivity index (χ3v) is 6.25. The zero-order valence-electron chi connectivity index (χ0n) is 13.8. The maximum absolute atomic E-state index is 6.47. The summed E-state index contributed by atoms with van der Waals surface area (Å²) in [5.41, 5.74) is 0.287. The molecule has 3 aliphatic carbocycles. The molecule has 1 aliphatic heterocycles. The van der Waals surface area contributed by atoms with E-state index >= 15 is 0 Å². The summed E-state index contributed by atoms with van der Waals surface area (Å²) in [6.45, 7) is 14.2. The van der Waals surface area contributed by atoms with Crippen LogP contribution < -0.4 is 0 Å². The predicted octanol–water partition coefficient (Wildman–Crippen LogP) is 3.32. The molecule has 0 aromatic rings. The first-order valence-electron chi connectivity index (χ1n) is 8.25. The molecule has 1 heterocycles. The smallest absolute Gasteiger partial charge is 0.404 e. The van der Waals surface area contributed by atoms with Gasteiger partial charge in [0.15, 0.2) is 0 Å². The van der Waals surface area contributed by atoms with E-state index in [1.54, 1.807) is 0 Å². The van der Waals surface area contributed by atoms with E-state index in [1.807, 2.05) is 6.92 Å². The van der Waals surface area contributed by atoms with Crippen LogP contribution in [0.1, 0.15) is 54.4 Å². The second-order valence-electron chi connectivity index (χ2n) is 8.00. The fourth-order valence-corrected chi connectivity index (χ4v) is 4.82. The molecule has 4 rings (SSSR count). The average Bonchev–Trinajstić information content (AvgIpc) is 2.71. The predicted molar refractivity (Wildman–Crippen MR) is 80.4 cm³/mol. The third kappa shape index (κ3) is 1.91. The molecule has 114 valence electrons. The van der Waals surface area contributed by atoms with Crippen LogP contribution in [0.15, 0.2) is 0 Å². The molecule has 0 aromatic carbocycles. The van der Waals surface area contributed by atoms with Gasteiger partial charge in [0, 0.05) is 6.61 Å². The second-order valence-corrected chi connectivity index (χ2v) is 8.00. The summed E-state index contributed by atoms with van der Waals surface area (Å²) in [6.07, 6.45) is 2.70. The van der Waals surface area contributed by atoms with Gasteiger partial charge in [-0.1, -0.05) is 27.7 Å². The topological polar surface area (TPSA) is 27.7 Å². The minimum absolute atomic E-state index is 0.0442. The van der Waals surface area contributed by atoms with Gasteiger partial charge >= 0.3 is 7.12 Å². The molecule has 1 saturated heterocycles. The van der Waals surface area contributed by atoms with Gasteiger partial charge < -0.3 is 14.0 Å². The number of ether oxygens (including phenoxy) is 1. The summed E-state index contributed by atoms with van der Waals surface area (Å²) in [4.78, 5) is 0. The van der Waals surface area contributed by atoms with Crippen molar-refractivity contribution in [2.75, 3.05) is 6.61 Å². The van der Waals surface area contributed by atoms with Crippen molar-refractivity contribution in [2.45, 2.75) is 72.1 Å². The first kappa shape index (κ1) is 14.9. The van der Waals surface area contributed by atoms with Gasteiger partial charge in [0.05, 0.1) is 17.7 Å². The van der Waals surface area contributed by atoms with E-state index in [2.05, 4.69) is 34.6 Å². The second kappa shape index (κ2) is 4.72. The van der Waals surface area contributed by atoms with Crippen LogP contribution in [0, 0.1) is 23.2 Å². The van der Waals surface area contributed by atoms with Gasteiger partial charge in [0.2, 0.25) is 0 Å². The van der Waals surface area contributed by atoms with Gasteiger partial charge in [-0.2, -0.15) is 0 Å². The highest BCUT2D eigenvalue weighted by atomic mass is 16.7. The lowest BCUT2D eigenvalue weighted by Crippen LogP contribution is -2.65. The van der Waals surface area contributed by atoms with Gasteiger partial charge in [-0.05, 0) is 49.9 Å². The van der Waals surface area contributed by atoms with Gasteiger partial charge in [-0.15, -0.1) is 0 Å². The Hall–Kier alpha value is -0.0551. The summed E-state index contributed by atoms with van der Waals surface area (Å²) >= 11 is 0. The minimum Gasteiger partial charge on any atom is -0.404 e. The molecule has 20 heavy (non-hydrogen) atoms. The van der Waals surface area contributed by atoms with Crippen LogP contribution in [0.25, 0.3) is 0 Å². The van der Waals surface area contributed by atoms with E-state index in [9.17, 15) is 0 Å². The van der Waals surface area contributed by atoms with Crippen molar-refractivity contribution in [1.82, 2.24) is 0 Å². The highest BCUT2D eigenvalue weighted by molar-refractivity contribution is 6.47. The normalized spacial score (nSPS) is 43.4. The van der Waals surface area contributed by atoms with Gasteiger partial charge in [-0.3, -0.25) is 0 Å². The summed E-state index contributed by atoms with van der Waals surface area (Å²) < 4.78 is 18.6. The average molecular weight is 280 g/mol. The molecule has 4 aliphatic rings. The molecule has 2 bridgehead atoms. The van der Waals surface area contributed by atoms with Crippen LogP contribution in [0.2, 0.25) is 0 Å². The number of rotatable bonds is 4. The summed E-state index contributed by atoms with van der Waals surface area (Å²) in [5, 5.41) is 0. The molecule has 0 spiro atoms. The summed E-state index contributed by atoms with van der Waals surface area (Å²) in [5.74, 6) is 1.84. The highest BCUT2D eigenvalue weighted by Crippen LogP contribution is 2.65. The van der Waals surface area contributed by atoms with Crippen LogP contribution in [0.3, 0.4) is 0 Å². The quantitative estimate of drug-likeness (QED) is 0.739. The lowest BCUT2D eigenvalue weighted by atomic mass is 9.43. The first-order valence-corrected chi connectivity index (χ1v) is 8.25. The Kier molecular flexibility index (Phi) is 3.51. The van der Waals surface area contributed by atoms with Crippen molar-refractivity contribution in [3.05, 3.63) is 0 Å². The van der Waals surface area contributed by atoms with Gasteiger partial charge in [-0.25, -0.2) is 0 Å². The zero-order valence-corrected chi connectivity index (χ0v) is 13.8. The zero-order chi connectivity index (χ0) is 14.7. The summed E-state index contributed by atoms with van der Waals surface area (Å²) in [7, 11) is -0.194. The Morgan fingerprint density at radius 2 is 1.95 bits per heavy atom. The summed E-state index contributed by atoms with van der Waals surface area (Å²) in [6, 6.07) is 0.0442. The van der Waals surface area contributed by atoms with Gasteiger partial charge in [0.25, 0.3) is 0 Å². The molecule has 0 aromatic heterocycles. The molecular formula is C16H29BO3. The van der Waals surface area contributed by atoms with Gasteiger partial charge in [0.1, 0.15) is 0 Å².